The van der Waals surface area contributed by atoms with Crippen LogP contribution >= 0.6 is 0 Å². The van der Waals surface area contributed by atoms with Crippen LogP contribution in [0.4, 0.5) is 4.39 Å². The molecule has 0 saturated carbocycles. The van der Waals surface area contributed by atoms with Crippen molar-refractivity contribution in [3.8, 4) is 0 Å². The van der Waals surface area contributed by atoms with E-state index in [1.165, 1.54) is 12.1 Å². The highest BCUT2D eigenvalue weighted by Gasteiger charge is 2.20. The molecule has 25 heavy (non-hydrogen) atoms. The quantitative estimate of drug-likeness (QED) is 0.736. The first-order valence-corrected chi connectivity index (χ1v) is 8.53. The predicted molar refractivity (Wildman–Crippen MR) is 93.3 cm³/mol. The molecule has 0 unspecified atom stereocenters. The van der Waals surface area contributed by atoms with E-state index in [0.29, 0.717) is 11.9 Å². The maximum atomic E-state index is 13.1. The minimum absolute atomic E-state index is 0.0577. The summed E-state index contributed by atoms with van der Waals surface area (Å²) >= 11 is 0. The highest BCUT2D eigenvalue weighted by molar-refractivity contribution is 5.78. The number of nitrogens with zero attached hydrogens (tertiary/aromatic N) is 3. The average molecular weight is 341 g/mol. The summed E-state index contributed by atoms with van der Waals surface area (Å²) in [6.07, 6.45) is 3.48. The summed E-state index contributed by atoms with van der Waals surface area (Å²) in [4.78, 5) is 12.9. The van der Waals surface area contributed by atoms with Crippen molar-refractivity contribution in [1.29, 1.82) is 0 Å². The lowest BCUT2D eigenvalue weighted by atomic mass is 10.1. The third-order valence-electron chi connectivity index (χ3n) is 4.87. The smallest absolute Gasteiger partial charge is 0.262 e. The molecule has 130 valence electrons. The second-order valence-electron chi connectivity index (χ2n) is 6.54. The predicted octanol–water partition coefficient (Wildman–Crippen LogP) is 3.05. The van der Waals surface area contributed by atoms with E-state index in [2.05, 4.69) is 5.10 Å². The fraction of sp³-hybridized carbons (Fsp3) is 0.368. The molecule has 0 atom stereocenters. The van der Waals surface area contributed by atoms with Gasteiger partial charge >= 0.3 is 0 Å². The van der Waals surface area contributed by atoms with Gasteiger partial charge in [-0.05, 0) is 43.5 Å². The third kappa shape index (κ3) is 2.98. The Balaban J connectivity index is 1.74. The number of aromatic nitrogens is 3. The molecule has 1 aliphatic rings. The summed E-state index contributed by atoms with van der Waals surface area (Å²) in [6.45, 7) is 3.80. The van der Waals surface area contributed by atoms with Crippen molar-refractivity contribution in [3.05, 3.63) is 64.0 Å². The Labute approximate surface area is 144 Å². The standard InChI is InChI=1S/C19H20FN3O2/c1-13-10-18-17(11-21-23(18)16-6-8-25-9-7-16)19(24)22(13)12-14-2-4-15(20)5-3-14/h2-5,10-11,16H,6-9,12H2,1H3. The van der Waals surface area contributed by atoms with Crippen LogP contribution in [0.1, 0.15) is 30.1 Å². The highest BCUT2D eigenvalue weighted by Crippen LogP contribution is 2.24. The van der Waals surface area contributed by atoms with Crippen LogP contribution < -0.4 is 5.56 Å². The van der Waals surface area contributed by atoms with Crippen LogP contribution in [0.5, 0.6) is 0 Å². The SMILES string of the molecule is Cc1cc2c(cnn2C2CCOCC2)c(=O)n1Cc1ccc(F)cc1. The summed E-state index contributed by atoms with van der Waals surface area (Å²) in [7, 11) is 0. The monoisotopic (exact) mass is 341 g/mol. The minimum Gasteiger partial charge on any atom is -0.381 e. The molecule has 0 amide bonds. The first kappa shape index (κ1) is 16.0. The van der Waals surface area contributed by atoms with Gasteiger partial charge in [-0.1, -0.05) is 12.1 Å². The fourth-order valence-corrected chi connectivity index (χ4v) is 3.45. The molecule has 1 saturated heterocycles. The lowest BCUT2D eigenvalue weighted by molar-refractivity contribution is 0.0675. The van der Waals surface area contributed by atoms with Crippen molar-refractivity contribution in [2.24, 2.45) is 0 Å². The third-order valence-corrected chi connectivity index (χ3v) is 4.87. The van der Waals surface area contributed by atoms with E-state index < -0.39 is 0 Å². The van der Waals surface area contributed by atoms with E-state index in [0.717, 1.165) is 42.8 Å². The van der Waals surface area contributed by atoms with Gasteiger partial charge in [-0.15, -0.1) is 0 Å². The fourth-order valence-electron chi connectivity index (χ4n) is 3.45. The van der Waals surface area contributed by atoms with Crippen molar-refractivity contribution < 1.29 is 9.13 Å². The first-order valence-electron chi connectivity index (χ1n) is 8.53. The number of fused-ring (bicyclic) bond motifs is 1. The van der Waals surface area contributed by atoms with Gasteiger partial charge in [0.15, 0.2) is 0 Å². The molecule has 1 aliphatic heterocycles. The Morgan fingerprint density at radius 3 is 2.68 bits per heavy atom. The van der Waals surface area contributed by atoms with Crippen molar-refractivity contribution in [2.45, 2.75) is 32.4 Å². The van der Waals surface area contributed by atoms with Gasteiger partial charge in [-0.2, -0.15) is 5.10 Å². The Bertz CT molecular complexity index is 953. The zero-order valence-corrected chi connectivity index (χ0v) is 14.1. The topological polar surface area (TPSA) is 49.1 Å². The average Bonchev–Trinajstić information content (AvgIpc) is 3.05. The van der Waals surface area contributed by atoms with E-state index in [4.69, 9.17) is 4.74 Å². The number of benzene rings is 1. The number of hydrogen-bond acceptors (Lipinski definition) is 3. The van der Waals surface area contributed by atoms with Crippen molar-refractivity contribution in [3.63, 3.8) is 0 Å². The van der Waals surface area contributed by atoms with Gasteiger partial charge in [0.05, 0.1) is 29.7 Å². The number of hydrogen-bond donors (Lipinski definition) is 0. The van der Waals surface area contributed by atoms with E-state index >= 15 is 0 Å². The molecular formula is C19H20FN3O2. The summed E-state index contributed by atoms with van der Waals surface area (Å²) in [5.74, 6) is -0.277. The summed E-state index contributed by atoms with van der Waals surface area (Å²) < 4.78 is 22.2. The van der Waals surface area contributed by atoms with Crippen LogP contribution in [0, 0.1) is 12.7 Å². The maximum Gasteiger partial charge on any atom is 0.262 e. The first-order chi connectivity index (χ1) is 12.1. The Morgan fingerprint density at radius 1 is 1.24 bits per heavy atom. The van der Waals surface area contributed by atoms with E-state index in [-0.39, 0.29) is 17.4 Å². The number of halogens is 1. The van der Waals surface area contributed by atoms with Gasteiger partial charge in [-0.3, -0.25) is 9.48 Å². The highest BCUT2D eigenvalue weighted by atomic mass is 19.1. The molecule has 5 nitrogen and oxygen atoms in total. The van der Waals surface area contributed by atoms with E-state index in [9.17, 15) is 9.18 Å². The normalized spacial score (nSPS) is 15.8. The molecule has 0 spiro atoms. The summed E-state index contributed by atoms with van der Waals surface area (Å²) in [6, 6.07) is 8.53. The molecule has 6 heteroatoms. The Morgan fingerprint density at radius 2 is 1.96 bits per heavy atom. The molecule has 0 N–H and O–H groups in total. The van der Waals surface area contributed by atoms with Gasteiger partial charge in [0.2, 0.25) is 0 Å². The lowest BCUT2D eigenvalue weighted by Gasteiger charge is -2.23. The van der Waals surface area contributed by atoms with Crippen LogP contribution in [0.3, 0.4) is 0 Å². The van der Waals surface area contributed by atoms with E-state index in [1.54, 1.807) is 22.9 Å². The van der Waals surface area contributed by atoms with Gasteiger partial charge < -0.3 is 9.30 Å². The zero-order chi connectivity index (χ0) is 17.4. The molecule has 1 aromatic carbocycles. The number of aryl methyl sites for hydroxylation is 1. The molecule has 0 aliphatic carbocycles. The Kier molecular flexibility index (Phi) is 4.13. The summed E-state index contributed by atoms with van der Waals surface area (Å²) in [5, 5.41) is 5.10. The minimum atomic E-state index is -0.277. The number of rotatable bonds is 3. The number of pyridine rings is 1. The molecule has 0 radical (unpaired) electrons. The van der Waals surface area contributed by atoms with Crippen LogP contribution in [0.2, 0.25) is 0 Å². The van der Waals surface area contributed by atoms with Gasteiger partial charge in [0, 0.05) is 18.9 Å². The largest absolute Gasteiger partial charge is 0.381 e. The van der Waals surface area contributed by atoms with Crippen LogP contribution in [0.15, 0.2) is 41.3 Å². The van der Waals surface area contributed by atoms with Crippen molar-refractivity contribution >= 4 is 10.9 Å². The molecule has 0 bridgehead atoms. The van der Waals surface area contributed by atoms with Crippen LogP contribution in [-0.4, -0.2) is 27.6 Å². The zero-order valence-electron chi connectivity index (χ0n) is 14.1. The molecular weight excluding hydrogens is 321 g/mol. The molecule has 1 fully saturated rings. The van der Waals surface area contributed by atoms with Gasteiger partial charge in [0.1, 0.15) is 5.82 Å². The maximum absolute atomic E-state index is 13.1. The molecule has 3 heterocycles. The van der Waals surface area contributed by atoms with E-state index in [1.807, 2.05) is 17.7 Å². The van der Waals surface area contributed by atoms with Gasteiger partial charge in [0.25, 0.3) is 5.56 Å². The second kappa shape index (κ2) is 6.44. The van der Waals surface area contributed by atoms with Crippen LogP contribution in [-0.2, 0) is 11.3 Å². The second-order valence-corrected chi connectivity index (χ2v) is 6.54. The summed E-state index contributed by atoms with van der Waals surface area (Å²) in [5.41, 5.74) is 2.58. The lowest BCUT2D eigenvalue weighted by Crippen LogP contribution is -2.24. The van der Waals surface area contributed by atoms with Crippen LogP contribution in [0.25, 0.3) is 10.9 Å². The van der Waals surface area contributed by atoms with Gasteiger partial charge in [-0.25, -0.2) is 4.39 Å². The van der Waals surface area contributed by atoms with Crippen molar-refractivity contribution in [1.82, 2.24) is 14.3 Å². The molecule has 4 rings (SSSR count). The Hall–Kier alpha value is -2.47. The van der Waals surface area contributed by atoms with Crippen molar-refractivity contribution in [2.75, 3.05) is 13.2 Å². The molecule has 3 aromatic rings. The number of ether oxygens (including phenoxy) is 1. The molecule has 2 aromatic heterocycles.